The van der Waals surface area contributed by atoms with E-state index in [1.165, 1.54) is 22.5 Å². The Hall–Kier alpha value is -1.75. The Bertz CT molecular complexity index is 864. The largest absolute Gasteiger partial charge is 0.456 e. The molecule has 3 nitrogen and oxygen atoms in total. The van der Waals surface area contributed by atoms with Gasteiger partial charge < -0.3 is 10.1 Å². The third kappa shape index (κ3) is 4.20. The summed E-state index contributed by atoms with van der Waals surface area (Å²) in [5.41, 5.74) is 3.33. The average molecular weight is 379 g/mol. The van der Waals surface area contributed by atoms with E-state index in [1.807, 2.05) is 36.4 Å². The van der Waals surface area contributed by atoms with E-state index in [-0.39, 0.29) is 0 Å². The Kier molecular flexibility index (Phi) is 5.29. The van der Waals surface area contributed by atoms with E-state index >= 15 is 0 Å². The van der Waals surface area contributed by atoms with Crippen LogP contribution in [-0.4, -0.2) is 4.98 Å². The van der Waals surface area contributed by atoms with Crippen LogP contribution in [0, 0.1) is 13.8 Å². The zero-order valence-electron chi connectivity index (χ0n) is 13.3. The lowest BCUT2D eigenvalue weighted by atomic mass is 10.1. The van der Waals surface area contributed by atoms with Crippen LogP contribution in [0.1, 0.15) is 16.0 Å². The molecule has 24 heavy (non-hydrogen) atoms. The lowest BCUT2D eigenvalue weighted by Crippen LogP contribution is -1.97. The lowest BCUT2D eigenvalue weighted by Gasteiger charge is -2.11. The number of nitrogens with one attached hydrogen (secondary N) is 1. The van der Waals surface area contributed by atoms with Gasteiger partial charge in [0.2, 0.25) is 0 Å². The van der Waals surface area contributed by atoms with Crippen molar-refractivity contribution in [2.45, 2.75) is 20.4 Å². The molecule has 0 fully saturated rings. The monoisotopic (exact) mass is 378 g/mol. The number of anilines is 1. The molecule has 0 radical (unpaired) electrons. The molecule has 1 N–H and O–H groups in total. The molecule has 0 amide bonds. The highest BCUT2D eigenvalue weighted by Gasteiger charge is 2.06. The summed E-state index contributed by atoms with van der Waals surface area (Å²) in [6.07, 6.45) is 1.76. The minimum atomic E-state index is 0.543. The van der Waals surface area contributed by atoms with Gasteiger partial charge in [-0.15, -0.1) is 11.3 Å². The fourth-order valence-corrected chi connectivity index (χ4v) is 3.29. The summed E-state index contributed by atoms with van der Waals surface area (Å²) < 4.78 is 6.42. The molecule has 1 heterocycles. The van der Waals surface area contributed by atoms with Gasteiger partial charge in [-0.2, -0.15) is 0 Å². The van der Waals surface area contributed by atoms with E-state index in [0.717, 1.165) is 16.3 Å². The number of aromatic nitrogens is 1. The first-order valence-corrected chi connectivity index (χ1v) is 8.97. The number of ether oxygens (including phenoxy) is 1. The van der Waals surface area contributed by atoms with Crippen molar-refractivity contribution in [3.63, 3.8) is 0 Å². The third-order valence-corrected chi connectivity index (χ3v) is 5.04. The van der Waals surface area contributed by atoms with Gasteiger partial charge in [-0.1, -0.05) is 29.3 Å². The van der Waals surface area contributed by atoms with Gasteiger partial charge in [-0.25, -0.2) is 4.98 Å². The number of nitrogens with zero attached hydrogens (tertiary/aromatic N) is 1. The zero-order chi connectivity index (χ0) is 17.1. The maximum Gasteiger partial charge on any atom is 0.183 e. The van der Waals surface area contributed by atoms with Crippen molar-refractivity contribution >= 4 is 40.2 Å². The Morgan fingerprint density at radius 2 is 1.92 bits per heavy atom. The van der Waals surface area contributed by atoms with Crippen LogP contribution in [0.3, 0.4) is 0 Å². The molecule has 0 saturated heterocycles. The van der Waals surface area contributed by atoms with Crippen LogP contribution in [0.5, 0.6) is 11.5 Å². The summed E-state index contributed by atoms with van der Waals surface area (Å²) in [5.74, 6) is 1.41. The van der Waals surface area contributed by atoms with Crippen molar-refractivity contribution in [2.75, 3.05) is 5.32 Å². The van der Waals surface area contributed by atoms with Crippen molar-refractivity contribution in [1.29, 1.82) is 0 Å². The Morgan fingerprint density at radius 3 is 2.58 bits per heavy atom. The molecule has 0 spiro atoms. The fraction of sp³-hybridized carbons (Fsp3) is 0.167. The SMILES string of the molecule is Cc1ccc(Oc2ccc(NCc3cnc(Cl)s3)cc2Cl)cc1C. The maximum absolute atomic E-state index is 6.34. The smallest absolute Gasteiger partial charge is 0.183 e. The van der Waals surface area contributed by atoms with Gasteiger partial charge in [0.25, 0.3) is 0 Å². The summed E-state index contributed by atoms with van der Waals surface area (Å²) in [4.78, 5) is 5.08. The van der Waals surface area contributed by atoms with Gasteiger partial charge in [-0.05, 0) is 55.3 Å². The number of rotatable bonds is 5. The molecule has 0 atom stereocenters. The number of hydrogen-bond donors (Lipinski definition) is 1. The predicted octanol–water partition coefficient (Wildman–Crippen LogP) is 6.47. The van der Waals surface area contributed by atoms with E-state index in [0.29, 0.717) is 21.8 Å². The van der Waals surface area contributed by atoms with Crippen LogP contribution in [-0.2, 0) is 6.54 Å². The van der Waals surface area contributed by atoms with Gasteiger partial charge in [0, 0.05) is 16.8 Å². The maximum atomic E-state index is 6.34. The molecule has 6 heteroatoms. The van der Waals surface area contributed by atoms with Crippen molar-refractivity contribution < 1.29 is 4.74 Å². The molecule has 0 aliphatic carbocycles. The third-order valence-electron chi connectivity index (χ3n) is 3.63. The first kappa shape index (κ1) is 17.1. The highest BCUT2D eigenvalue weighted by atomic mass is 35.5. The van der Waals surface area contributed by atoms with E-state index in [2.05, 4.69) is 24.1 Å². The first-order chi connectivity index (χ1) is 11.5. The van der Waals surface area contributed by atoms with E-state index in [1.54, 1.807) is 6.20 Å². The van der Waals surface area contributed by atoms with Crippen LogP contribution in [0.2, 0.25) is 9.49 Å². The highest BCUT2D eigenvalue weighted by Crippen LogP contribution is 2.32. The minimum Gasteiger partial charge on any atom is -0.456 e. The molecule has 0 bridgehead atoms. The number of hydrogen-bond acceptors (Lipinski definition) is 4. The van der Waals surface area contributed by atoms with E-state index < -0.39 is 0 Å². The molecular weight excluding hydrogens is 363 g/mol. The molecule has 1 aromatic heterocycles. The second-order valence-electron chi connectivity index (χ2n) is 5.43. The molecule has 124 valence electrons. The lowest BCUT2D eigenvalue weighted by molar-refractivity contribution is 0.482. The number of aryl methyl sites for hydroxylation is 2. The predicted molar refractivity (Wildman–Crippen MR) is 102 cm³/mol. The second-order valence-corrected chi connectivity index (χ2v) is 7.53. The van der Waals surface area contributed by atoms with Gasteiger partial charge in [-0.3, -0.25) is 0 Å². The molecule has 0 aliphatic rings. The topological polar surface area (TPSA) is 34.1 Å². The molecule has 3 rings (SSSR count). The van der Waals surface area contributed by atoms with E-state index in [9.17, 15) is 0 Å². The van der Waals surface area contributed by atoms with Gasteiger partial charge in [0.15, 0.2) is 4.47 Å². The van der Waals surface area contributed by atoms with Crippen LogP contribution < -0.4 is 10.1 Å². The quantitative estimate of drug-likeness (QED) is 0.552. The molecular formula is C18H16Cl2N2OS. The molecule has 0 unspecified atom stereocenters. The summed E-state index contributed by atoms with van der Waals surface area (Å²) >= 11 is 13.6. The van der Waals surface area contributed by atoms with Crippen LogP contribution >= 0.6 is 34.5 Å². The zero-order valence-corrected chi connectivity index (χ0v) is 15.6. The first-order valence-electron chi connectivity index (χ1n) is 7.40. The van der Waals surface area contributed by atoms with Gasteiger partial charge in [0.1, 0.15) is 11.5 Å². The fourth-order valence-electron chi connectivity index (χ4n) is 2.15. The average Bonchev–Trinajstić information content (AvgIpc) is 2.97. The van der Waals surface area contributed by atoms with E-state index in [4.69, 9.17) is 27.9 Å². The van der Waals surface area contributed by atoms with Crippen molar-refractivity contribution in [3.8, 4) is 11.5 Å². The molecule has 0 aliphatic heterocycles. The van der Waals surface area contributed by atoms with Gasteiger partial charge >= 0.3 is 0 Å². The van der Waals surface area contributed by atoms with Crippen molar-refractivity contribution in [2.24, 2.45) is 0 Å². The minimum absolute atomic E-state index is 0.543. The Balaban J connectivity index is 1.68. The van der Waals surface area contributed by atoms with Crippen molar-refractivity contribution in [3.05, 3.63) is 68.1 Å². The summed E-state index contributed by atoms with van der Waals surface area (Å²) in [7, 11) is 0. The molecule has 2 aromatic carbocycles. The summed E-state index contributed by atoms with van der Waals surface area (Å²) in [6, 6.07) is 11.6. The highest BCUT2D eigenvalue weighted by molar-refractivity contribution is 7.15. The number of halogens is 2. The summed E-state index contributed by atoms with van der Waals surface area (Å²) in [6.45, 7) is 4.78. The normalized spacial score (nSPS) is 10.7. The van der Waals surface area contributed by atoms with Gasteiger partial charge in [0.05, 0.1) is 11.6 Å². The summed E-state index contributed by atoms with van der Waals surface area (Å²) in [5, 5.41) is 3.85. The van der Waals surface area contributed by atoms with Crippen LogP contribution in [0.25, 0.3) is 0 Å². The number of thiazole rings is 1. The number of benzene rings is 2. The van der Waals surface area contributed by atoms with Crippen molar-refractivity contribution in [1.82, 2.24) is 4.98 Å². The van der Waals surface area contributed by atoms with Crippen LogP contribution in [0.15, 0.2) is 42.6 Å². The molecule has 3 aromatic rings. The second kappa shape index (κ2) is 7.43. The standard InChI is InChI=1S/C18H16Cl2N2OS/c1-11-3-5-14(7-12(11)2)23-17-6-4-13(8-16(17)19)21-9-15-10-22-18(20)24-15/h3-8,10,21H,9H2,1-2H3. The molecule has 0 saturated carbocycles. The van der Waals surface area contributed by atoms with Crippen LogP contribution in [0.4, 0.5) is 5.69 Å². The Morgan fingerprint density at radius 1 is 1.08 bits per heavy atom. The Labute approximate surface area is 155 Å².